The normalized spacial score (nSPS) is 23.1. The number of anilines is 2. The Bertz CT molecular complexity index is 1070. The molecule has 0 bridgehead atoms. The molecule has 0 radical (unpaired) electrons. The number of carbonyl (C=O) groups excluding carboxylic acids is 2. The fourth-order valence-corrected chi connectivity index (χ4v) is 5.82. The molecule has 1 N–H and O–H groups in total. The molecular weight excluding hydrogens is 404 g/mol. The number of carbonyl (C=O) groups is 2. The summed E-state index contributed by atoms with van der Waals surface area (Å²) in [5.41, 5.74) is 2.69. The molecular formula is C21H26N4O4S. The topological polar surface area (TPSA) is 101 Å². The molecule has 0 spiro atoms. The first-order valence-electron chi connectivity index (χ1n) is 10.2. The lowest BCUT2D eigenvalue weighted by Gasteiger charge is -2.18. The van der Waals surface area contributed by atoms with Crippen molar-refractivity contribution in [2.24, 2.45) is 5.92 Å². The molecule has 2 atom stereocenters. The van der Waals surface area contributed by atoms with Crippen LogP contribution in [0.25, 0.3) is 0 Å². The fourth-order valence-electron chi connectivity index (χ4n) is 4.13. The first-order chi connectivity index (χ1) is 14.3. The van der Waals surface area contributed by atoms with Gasteiger partial charge in [-0.3, -0.25) is 9.59 Å². The summed E-state index contributed by atoms with van der Waals surface area (Å²) in [5, 5.41) is 7.27. The number of amides is 2. The molecule has 0 saturated carbocycles. The third-order valence-corrected chi connectivity index (χ3v) is 7.57. The molecule has 160 valence electrons. The van der Waals surface area contributed by atoms with Gasteiger partial charge < -0.3 is 10.2 Å². The average Bonchev–Trinajstić information content (AvgIpc) is 3.38. The number of aromatic nitrogens is 2. The van der Waals surface area contributed by atoms with E-state index in [1.54, 1.807) is 22.6 Å². The van der Waals surface area contributed by atoms with Crippen LogP contribution in [-0.4, -0.2) is 48.1 Å². The second-order valence-corrected chi connectivity index (χ2v) is 10.3. The molecule has 2 aromatic rings. The van der Waals surface area contributed by atoms with E-state index in [-0.39, 0.29) is 35.8 Å². The van der Waals surface area contributed by atoms with Crippen molar-refractivity contribution in [1.82, 2.24) is 9.78 Å². The Morgan fingerprint density at radius 1 is 1.27 bits per heavy atom. The van der Waals surface area contributed by atoms with Gasteiger partial charge in [-0.25, -0.2) is 13.1 Å². The lowest BCUT2D eigenvalue weighted by molar-refractivity contribution is -0.122. The summed E-state index contributed by atoms with van der Waals surface area (Å²) in [7, 11) is -3.07. The summed E-state index contributed by atoms with van der Waals surface area (Å²) in [6.45, 7) is 4.20. The standard InChI is InChI=1S/C21H26N4O4S/c1-3-15-4-6-17(7-5-15)24-12-16(11-20(24)26)21(27)22-19-10-14(2)23-25(19)18-8-9-30(28,29)13-18/h4-7,10,16,18H,3,8-9,11-13H2,1-2H3,(H,22,27). The first-order valence-corrected chi connectivity index (χ1v) is 12.0. The number of nitrogens with one attached hydrogen (secondary N) is 1. The molecule has 9 heteroatoms. The summed E-state index contributed by atoms with van der Waals surface area (Å²) in [6.07, 6.45) is 1.55. The molecule has 1 aromatic carbocycles. The van der Waals surface area contributed by atoms with E-state index in [1.807, 2.05) is 24.3 Å². The summed E-state index contributed by atoms with van der Waals surface area (Å²) < 4.78 is 25.3. The van der Waals surface area contributed by atoms with Crippen molar-refractivity contribution < 1.29 is 18.0 Å². The van der Waals surface area contributed by atoms with Crippen molar-refractivity contribution in [3.63, 3.8) is 0 Å². The minimum absolute atomic E-state index is 0.0282. The molecule has 3 heterocycles. The van der Waals surface area contributed by atoms with Crippen molar-refractivity contribution in [2.45, 2.75) is 39.2 Å². The Balaban J connectivity index is 1.46. The van der Waals surface area contributed by atoms with Crippen LogP contribution in [0.3, 0.4) is 0 Å². The highest BCUT2D eigenvalue weighted by atomic mass is 32.2. The minimum Gasteiger partial charge on any atom is -0.312 e. The number of sulfone groups is 1. The fraction of sp³-hybridized carbons (Fsp3) is 0.476. The molecule has 2 unspecified atom stereocenters. The van der Waals surface area contributed by atoms with Crippen LogP contribution in [0, 0.1) is 12.8 Å². The lowest BCUT2D eigenvalue weighted by Crippen LogP contribution is -2.29. The van der Waals surface area contributed by atoms with Crippen LogP contribution in [0.15, 0.2) is 30.3 Å². The monoisotopic (exact) mass is 430 g/mol. The van der Waals surface area contributed by atoms with Gasteiger partial charge in [0, 0.05) is 24.7 Å². The van der Waals surface area contributed by atoms with E-state index in [2.05, 4.69) is 17.3 Å². The summed E-state index contributed by atoms with van der Waals surface area (Å²) in [6, 6.07) is 9.27. The van der Waals surface area contributed by atoms with Gasteiger partial charge in [-0.1, -0.05) is 19.1 Å². The molecule has 0 aliphatic carbocycles. The largest absolute Gasteiger partial charge is 0.312 e. The van der Waals surface area contributed by atoms with Gasteiger partial charge in [0.15, 0.2) is 9.84 Å². The van der Waals surface area contributed by atoms with Gasteiger partial charge in [0.25, 0.3) is 0 Å². The highest BCUT2D eigenvalue weighted by molar-refractivity contribution is 7.91. The van der Waals surface area contributed by atoms with E-state index in [0.29, 0.717) is 24.5 Å². The molecule has 4 rings (SSSR count). The molecule has 30 heavy (non-hydrogen) atoms. The predicted octanol–water partition coefficient (Wildman–Crippen LogP) is 2.11. The number of rotatable bonds is 5. The van der Waals surface area contributed by atoms with E-state index in [1.165, 1.54) is 5.56 Å². The van der Waals surface area contributed by atoms with Gasteiger partial charge in [0.2, 0.25) is 11.8 Å². The van der Waals surface area contributed by atoms with E-state index < -0.39 is 15.8 Å². The van der Waals surface area contributed by atoms with Crippen LogP contribution in [0.4, 0.5) is 11.5 Å². The van der Waals surface area contributed by atoms with Crippen molar-refractivity contribution in [3.05, 3.63) is 41.6 Å². The molecule has 2 aliphatic heterocycles. The highest BCUT2D eigenvalue weighted by Crippen LogP contribution is 2.29. The second kappa shape index (κ2) is 7.86. The quantitative estimate of drug-likeness (QED) is 0.783. The van der Waals surface area contributed by atoms with Crippen molar-refractivity contribution >= 4 is 33.2 Å². The Hall–Kier alpha value is -2.68. The number of aryl methyl sites for hydroxylation is 2. The van der Waals surface area contributed by atoms with Gasteiger partial charge in [0.05, 0.1) is 29.2 Å². The number of hydrogen-bond donors (Lipinski definition) is 1. The van der Waals surface area contributed by atoms with Gasteiger partial charge in [-0.15, -0.1) is 0 Å². The maximum atomic E-state index is 12.9. The Kier molecular flexibility index (Phi) is 5.40. The number of nitrogens with zero attached hydrogens (tertiary/aromatic N) is 3. The Morgan fingerprint density at radius 2 is 2.00 bits per heavy atom. The lowest BCUT2D eigenvalue weighted by atomic mass is 10.1. The Morgan fingerprint density at radius 3 is 2.63 bits per heavy atom. The zero-order valence-electron chi connectivity index (χ0n) is 17.2. The smallest absolute Gasteiger partial charge is 0.230 e. The van der Waals surface area contributed by atoms with E-state index >= 15 is 0 Å². The summed E-state index contributed by atoms with van der Waals surface area (Å²) in [4.78, 5) is 27.1. The van der Waals surface area contributed by atoms with E-state index in [9.17, 15) is 18.0 Å². The van der Waals surface area contributed by atoms with Crippen LogP contribution >= 0.6 is 0 Å². The zero-order valence-corrected chi connectivity index (χ0v) is 18.0. The van der Waals surface area contributed by atoms with Gasteiger partial charge in [-0.2, -0.15) is 5.10 Å². The Labute approximate surface area is 176 Å². The van der Waals surface area contributed by atoms with E-state index in [4.69, 9.17) is 0 Å². The van der Waals surface area contributed by atoms with Crippen molar-refractivity contribution in [2.75, 3.05) is 28.3 Å². The molecule has 1 aromatic heterocycles. The molecule has 2 amide bonds. The number of hydrogen-bond acceptors (Lipinski definition) is 5. The van der Waals surface area contributed by atoms with Crippen LogP contribution in [-0.2, 0) is 25.8 Å². The van der Waals surface area contributed by atoms with E-state index in [0.717, 1.165) is 12.1 Å². The second-order valence-electron chi connectivity index (χ2n) is 8.09. The third-order valence-electron chi connectivity index (χ3n) is 5.82. The van der Waals surface area contributed by atoms with Crippen molar-refractivity contribution in [1.29, 1.82) is 0 Å². The summed E-state index contributed by atoms with van der Waals surface area (Å²) >= 11 is 0. The van der Waals surface area contributed by atoms with Crippen molar-refractivity contribution in [3.8, 4) is 0 Å². The van der Waals surface area contributed by atoms with Gasteiger partial charge in [-0.05, 0) is 37.5 Å². The van der Waals surface area contributed by atoms with Gasteiger partial charge in [0.1, 0.15) is 5.82 Å². The highest BCUT2D eigenvalue weighted by Gasteiger charge is 2.36. The molecule has 2 fully saturated rings. The predicted molar refractivity (Wildman–Crippen MR) is 114 cm³/mol. The maximum Gasteiger partial charge on any atom is 0.230 e. The minimum atomic E-state index is -3.07. The SMILES string of the molecule is CCc1ccc(N2CC(C(=O)Nc3cc(C)nn3C3CCS(=O)(=O)C3)CC2=O)cc1. The van der Waals surface area contributed by atoms with Crippen LogP contribution in [0.2, 0.25) is 0 Å². The number of benzene rings is 1. The summed E-state index contributed by atoms with van der Waals surface area (Å²) in [5.74, 6) is -0.158. The maximum absolute atomic E-state index is 12.9. The third kappa shape index (κ3) is 4.12. The first kappa shape index (κ1) is 20.6. The van der Waals surface area contributed by atoms with Gasteiger partial charge >= 0.3 is 0 Å². The average molecular weight is 431 g/mol. The van der Waals surface area contributed by atoms with Crippen LogP contribution < -0.4 is 10.2 Å². The molecule has 8 nitrogen and oxygen atoms in total. The molecule has 2 saturated heterocycles. The zero-order chi connectivity index (χ0) is 21.5. The van der Waals surface area contributed by atoms with Crippen LogP contribution in [0.1, 0.15) is 37.1 Å². The van der Waals surface area contributed by atoms with Crippen LogP contribution in [0.5, 0.6) is 0 Å². The molecule has 2 aliphatic rings.